The van der Waals surface area contributed by atoms with Gasteiger partial charge in [0.05, 0.1) is 12.4 Å². The molecule has 0 spiro atoms. The molecule has 1 aliphatic rings. The van der Waals surface area contributed by atoms with Crippen LogP contribution in [0.4, 0.5) is 5.82 Å². The van der Waals surface area contributed by atoms with Crippen molar-refractivity contribution in [1.82, 2.24) is 19.5 Å². The summed E-state index contributed by atoms with van der Waals surface area (Å²) in [6.45, 7) is 0.177. The van der Waals surface area contributed by atoms with Crippen molar-refractivity contribution in [2.75, 3.05) is 12.3 Å². The van der Waals surface area contributed by atoms with Gasteiger partial charge in [-0.3, -0.25) is 9.79 Å². The van der Waals surface area contributed by atoms with Crippen LogP contribution < -0.4 is 10.3 Å². The molecule has 28 heavy (non-hydrogen) atoms. The van der Waals surface area contributed by atoms with E-state index in [2.05, 4.69) is 25.6 Å². The minimum atomic E-state index is -4.39. The monoisotopic (exact) mass is 405 g/mol. The maximum Gasteiger partial charge on any atom is 0.524 e. The van der Waals surface area contributed by atoms with E-state index in [-0.39, 0.29) is 24.3 Å². The molecule has 4 rings (SSSR count). The van der Waals surface area contributed by atoms with E-state index in [0.717, 1.165) is 12.1 Å². The van der Waals surface area contributed by atoms with Gasteiger partial charge in [0.1, 0.15) is 17.6 Å². The number of fused-ring (bicyclic) bond motifs is 1. The smallest absolute Gasteiger partial charge is 0.404 e. The predicted octanol–water partition coefficient (Wildman–Crippen LogP) is 1.68. The Hall–Kier alpha value is -2.78. The number of aliphatic hydroxyl groups is 1. The lowest BCUT2D eigenvalue weighted by Crippen LogP contribution is -2.08. The van der Waals surface area contributed by atoms with Gasteiger partial charge in [0.2, 0.25) is 0 Å². The number of aliphatic hydroxyl groups excluding tert-OH is 1. The number of hydrogen-bond acceptors (Lipinski definition) is 7. The lowest BCUT2D eigenvalue weighted by atomic mass is 10.1. The summed E-state index contributed by atoms with van der Waals surface area (Å²) < 4.78 is 16.5. The minimum absolute atomic E-state index is 0.167. The number of phosphoric ester groups is 1. The Morgan fingerprint density at radius 1 is 1.18 bits per heavy atom. The van der Waals surface area contributed by atoms with Gasteiger partial charge in [-0.1, -0.05) is 30.4 Å². The molecule has 0 saturated heterocycles. The molecule has 2 heterocycles. The second-order valence-corrected chi connectivity index (χ2v) is 7.27. The first-order valence-electron chi connectivity index (χ1n) is 8.40. The van der Waals surface area contributed by atoms with Gasteiger partial charge in [0.25, 0.3) is 0 Å². The normalized spacial score (nSPS) is 18.7. The number of para-hydroxylation sites is 1. The first-order chi connectivity index (χ1) is 13.4. The van der Waals surface area contributed by atoms with Crippen LogP contribution in [0.5, 0.6) is 5.75 Å². The summed E-state index contributed by atoms with van der Waals surface area (Å²) in [6, 6.07) is 8.12. The van der Waals surface area contributed by atoms with E-state index in [9.17, 15) is 4.57 Å². The fourth-order valence-corrected chi connectivity index (χ4v) is 3.22. The topological polar surface area (TPSA) is 157 Å². The molecule has 0 unspecified atom stereocenters. The third kappa shape index (κ3) is 4.93. The summed E-state index contributed by atoms with van der Waals surface area (Å²) in [5, 5.41) is 9.12. The number of phosphoric acid groups is 1. The van der Waals surface area contributed by atoms with Gasteiger partial charge in [-0.2, -0.15) is 0 Å². The highest BCUT2D eigenvalue weighted by molar-refractivity contribution is 7.46. The zero-order valence-electron chi connectivity index (χ0n) is 14.7. The molecule has 0 bridgehead atoms. The summed E-state index contributed by atoms with van der Waals surface area (Å²) in [7, 11) is -4.39. The Morgan fingerprint density at radius 2 is 1.93 bits per heavy atom. The summed E-state index contributed by atoms with van der Waals surface area (Å²) in [4.78, 5) is 29.1. The molecule has 0 amide bonds. The predicted molar refractivity (Wildman–Crippen MR) is 102 cm³/mol. The van der Waals surface area contributed by atoms with Crippen LogP contribution in [0.25, 0.3) is 11.2 Å². The van der Waals surface area contributed by atoms with Crippen molar-refractivity contribution in [3.8, 4) is 5.75 Å². The van der Waals surface area contributed by atoms with E-state index in [1.165, 1.54) is 18.5 Å². The van der Waals surface area contributed by atoms with Gasteiger partial charge in [0.15, 0.2) is 11.5 Å². The number of allylic oxidation sites excluding steroid dienone is 1. The third-order valence-corrected chi connectivity index (χ3v) is 4.54. The SMILES string of the molecule is Nc1ncnc2c1ncn2[C@@H]1C=C[C@H](CO)C1.O=P(O)(O)Oc1ccccc1. The number of imidazole rings is 1. The molecule has 5 N–H and O–H groups in total. The molecule has 2 aromatic heterocycles. The Balaban J connectivity index is 0.000000178. The molecular formula is C17H20N5O5P. The molecule has 1 aliphatic carbocycles. The molecule has 2 atom stereocenters. The van der Waals surface area contributed by atoms with Crippen molar-refractivity contribution in [2.24, 2.45) is 5.92 Å². The van der Waals surface area contributed by atoms with E-state index in [1.807, 2.05) is 10.6 Å². The van der Waals surface area contributed by atoms with E-state index < -0.39 is 7.82 Å². The van der Waals surface area contributed by atoms with Crippen LogP contribution in [0, 0.1) is 5.92 Å². The number of nitrogens with zero attached hydrogens (tertiary/aromatic N) is 4. The molecule has 0 radical (unpaired) electrons. The molecule has 0 fully saturated rings. The van der Waals surface area contributed by atoms with Crippen LogP contribution in [0.3, 0.4) is 0 Å². The maximum atomic E-state index is 10.3. The van der Waals surface area contributed by atoms with Crippen molar-refractivity contribution >= 4 is 24.8 Å². The Morgan fingerprint density at radius 3 is 2.57 bits per heavy atom. The average molecular weight is 405 g/mol. The second kappa shape index (κ2) is 8.49. The van der Waals surface area contributed by atoms with Crippen LogP contribution in [0.15, 0.2) is 55.1 Å². The van der Waals surface area contributed by atoms with Crippen molar-refractivity contribution in [2.45, 2.75) is 12.5 Å². The summed E-state index contributed by atoms with van der Waals surface area (Å²) in [6.07, 6.45) is 8.13. The first-order valence-corrected chi connectivity index (χ1v) is 9.93. The van der Waals surface area contributed by atoms with Crippen LogP contribution in [0.2, 0.25) is 0 Å². The number of aromatic nitrogens is 4. The number of nitrogens with two attached hydrogens (primary N) is 1. The minimum Gasteiger partial charge on any atom is -0.404 e. The largest absolute Gasteiger partial charge is 0.524 e. The number of benzene rings is 1. The molecular weight excluding hydrogens is 385 g/mol. The Labute approximate surface area is 160 Å². The quantitative estimate of drug-likeness (QED) is 0.374. The average Bonchev–Trinajstić information content (AvgIpc) is 3.29. The zero-order valence-corrected chi connectivity index (χ0v) is 15.6. The lowest BCUT2D eigenvalue weighted by Gasteiger charge is -2.12. The van der Waals surface area contributed by atoms with Crippen molar-refractivity contribution < 1.29 is 24.0 Å². The molecule has 10 nitrogen and oxygen atoms in total. The van der Waals surface area contributed by atoms with E-state index >= 15 is 0 Å². The van der Waals surface area contributed by atoms with Gasteiger partial charge < -0.3 is 19.9 Å². The molecule has 11 heteroatoms. The van der Waals surface area contributed by atoms with Crippen molar-refractivity contribution in [1.29, 1.82) is 0 Å². The van der Waals surface area contributed by atoms with Crippen LogP contribution in [0.1, 0.15) is 12.5 Å². The first kappa shape index (κ1) is 20.0. The fourth-order valence-electron chi connectivity index (χ4n) is 2.83. The van der Waals surface area contributed by atoms with Gasteiger partial charge in [-0.25, -0.2) is 19.5 Å². The Bertz CT molecular complexity index is 1000. The van der Waals surface area contributed by atoms with Crippen molar-refractivity contribution in [3.05, 3.63) is 55.1 Å². The van der Waals surface area contributed by atoms with Gasteiger partial charge in [0, 0.05) is 12.5 Å². The van der Waals surface area contributed by atoms with E-state index in [0.29, 0.717) is 11.3 Å². The van der Waals surface area contributed by atoms with Gasteiger partial charge in [-0.05, 0) is 18.6 Å². The number of hydrogen-bond donors (Lipinski definition) is 4. The maximum absolute atomic E-state index is 10.3. The van der Waals surface area contributed by atoms with Crippen LogP contribution >= 0.6 is 7.82 Å². The van der Waals surface area contributed by atoms with E-state index in [1.54, 1.807) is 24.5 Å². The molecule has 1 aromatic carbocycles. The molecule has 0 aliphatic heterocycles. The fraction of sp³-hybridized carbons (Fsp3) is 0.235. The number of anilines is 1. The summed E-state index contributed by atoms with van der Waals surface area (Å²) in [5.74, 6) is 0.784. The van der Waals surface area contributed by atoms with Crippen LogP contribution in [-0.2, 0) is 4.57 Å². The van der Waals surface area contributed by atoms with E-state index in [4.69, 9.17) is 20.6 Å². The number of rotatable bonds is 4. The summed E-state index contributed by atoms with van der Waals surface area (Å²) >= 11 is 0. The standard InChI is InChI=1S/C11H13N5O.C6H7O4P/c12-10-9-11(14-5-13-10)16(6-15-9)8-2-1-7(3-8)4-17;7-11(8,9)10-6-4-2-1-3-5-6/h1-2,5-8,17H,3-4H2,(H2,12,13,14);1-5H,(H2,7,8,9)/t7-,8+;/m0./s1. The molecule has 148 valence electrons. The second-order valence-electron chi connectivity index (χ2n) is 6.11. The number of nitrogen functional groups attached to an aromatic ring is 1. The van der Waals surface area contributed by atoms with Gasteiger partial charge >= 0.3 is 7.82 Å². The van der Waals surface area contributed by atoms with Crippen LogP contribution in [-0.4, -0.2) is 41.0 Å². The highest BCUT2D eigenvalue weighted by Gasteiger charge is 2.22. The summed E-state index contributed by atoms with van der Waals surface area (Å²) in [5.41, 5.74) is 7.11. The highest BCUT2D eigenvalue weighted by Crippen LogP contribution is 2.37. The lowest BCUT2D eigenvalue weighted by molar-refractivity contribution is 0.244. The highest BCUT2D eigenvalue weighted by atomic mass is 31.2. The zero-order chi connectivity index (χ0) is 20.1. The van der Waals surface area contributed by atoms with Gasteiger partial charge in [-0.15, -0.1) is 0 Å². The molecule has 3 aromatic rings. The third-order valence-electron chi connectivity index (χ3n) is 4.10. The molecule has 0 saturated carbocycles. The Kier molecular flexibility index (Phi) is 6.05. The van der Waals surface area contributed by atoms with Crippen molar-refractivity contribution in [3.63, 3.8) is 0 Å².